The van der Waals surface area contributed by atoms with E-state index in [0.717, 1.165) is 5.92 Å². The lowest BCUT2D eigenvalue weighted by atomic mass is 9.52. The molecule has 0 spiro atoms. The Labute approximate surface area is 109 Å². The van der Waals surface area contributed by atoms with Crippen molar-refractivity contribution in [1.29, 1.82) is 0 Å². The average molecular weight is 249 g/mol. The van der Waals surface area contributed by atoms with E-state index in [1.54, 1.807) is 0 Å². The summed E-state index contributed by atoms with van der Waals surface area (Å²) in [6, 6.07) is 0.438. The molecule has 2 bridgehead atoms. The topological polar surface area (TPSA) is 29.5 Å². The number of esters is 1. The summed E-state index contributed by atoms with van der Waals surface area (Å²) in [4.78, 5) is 14.8. The third kappa shape index (κ3) is 0.941. The standard InChI is InChI=1S/C15H23NO2/c1-14(2)10-9-6-5-8-7-16(4)11(15(8,9)3)12(14)18-13(10)17/h8-12H,5-7H2,1-4H3. The fraction of sp³-hybridized carbons (Fsp3) is 0.933. The monoisotopic (exact) mass is 249 g/mol. The van der Waals surface area contributed by atoms with E-state index >= 15 is 0 Å². The van der Waals surface area contributed by atoms with E-state index < -0.39 is 0 Å². The molecule has 2 aliphatic carbocycles. The second kappa shape index (κ2) is 2.95. The molecule has 0 aromatic heterocycles. The van der Waals surface area contributed by atoms with E-state index in [1.165, 1.54) is 19.4 Å². The first kappa shape index (κ1) is 11.3. The Morgan fingerprint density at radius 1 is 1.28 bits per heavy atom. The molecule has 18 heavy (non-hydrogen) atoms. The normalized spacial score (nSPS) is 56.7. The van der Waals surface area contributed by atoms with Crippen molar-refractivity contribution in [2.45, 2.75) is 45.8 Å². The predicted molar refractivity (Wildman–Crippen MR) is 67.9 cm³/mol. The molecule has 6 unspecified atom stereocenters. The van der Waals surface area contributed by atoms with Gasteiger partial charge in [0.05, 0.1) is 12.0 Å². The predicted octanol–water partition coefficient (Wildman–Crippen LogP) is 1.91. The van der Waals surface area contributed by atoms with Gasteiger partial charge in [0.15, 0.2) is 0 Å². The summed E-state index contributed by atoms with van der Waals surface area (Å²) >= 11 is 0. The second-order valence-corrected chi connectivity index (χ2v) is 7.79. The fourth-order valence-electron chi connectivity index (χ4n) is 6.06. The lowest BCUT2D eigenvalue weighted by Gasteiger charge is -2.51. The SMILES string of the molecule is CN1CC2CCC3C4C(=O)OC(C1C23C)C4(C)C. The Kier molecular flexibility index (Phi) is 1.85. The lowest BCUT2D eigenvalue weighted by molar-refractivity contribution is -0.145. The highest BCUT2D eigenvalue weighted by molar-refractivity contribution is 5.78. The van der Waals surface area contributed by atoms with Crippen molar-refractivity contribution in [1.82, 2.24) is 4.90 Å². The number of rotatable bonds is 0. The summed E-state index contributed by atoms with van der Waals surface area (Å²) in [5.41, 5.74) is 0.325. The van der Waals surface area contributed by atoms with Crippen LogP contribution in [-0.2, 0) is 9.53 Å². The van der Waals surface area contributed by atoms with Gasteiger partial charge in [-0.05, 0) is 37.1 Å². The quantitative estimate of drug-likeness (QED) is 0.614. The van der Waals surface area contributed by atoms with Crippen LogP contribution >= 0.6 is 0 Å². The van der Waals surface area contributed by atoms with Crippen LogP contribution in [0.1, 0.15) is 33.6 Å². The number of fused-ring (bicyclic) bond motifs is 4. The summed E-state index contributed by atoms with van der Waals surface area (Å²) < 4.78 is 5.82. The molecule has 0 amide bonds. The summed E-state index contributed by atoms with van der Waals surface area (Å²) in [7, 11) is 2.22. The van der Waals surface area contributed by atoms with Crippen LogP contribution in [0, 0.1) is 28.6 Å². The molecule has 3 nitrogen and oxygen atoms in total. The average Bonchev–Trinajstić information content (AvgIpc) is 2.73. The molecular formula is C15H23NO2. The molecule has 2 saturated carbocycles. The van der Waals surface area contributed by atoms with Crippen LogP contribution in [-0.4, -0.2) is 36.6 Å². The molecule has 0 radical (unpaired) electrons. The van der Waals surface area contributed by atoms with E-state index in [4.69, 9.17) is 4.74 Å². The molecule has 0 aromatic carbocycles. The molecule has 2 aliphatic heterocycles. The van der Waals surface area contributed by atoms with Crippen LogP contribution in [0.2, 0.25) is 0 Å². The van der Waals surface area contributed by atoms with E-state index in [-0.39, 0.29) is 23.4 Å². The largest absolute Gasteiger partial charge is 0.460 e. The number of carbonyl (C=O) groups excluding carboxylic acids is 1. The van der Waals surface area contributed by atoms with Crippen LogP contribution in [0.4, 0.5) is 0 Å². The maximum Gasteiger partial charge on any atom is 0.310 e. The van der Waals surface area contributed by atoms with Crippen molar-refractivity contribution in [2.24, 2.45) is 28.6 Å². The summed E-state index contributed by atoms with van der Waals surface area (Å²) in [6.45, 7) is 8.10. The number of nitrogens with zero attached hydrogens (tertiary/aromatic N) is 1. The summed E-state index contributed by atoms with van der Waals surface area (Å²) in [6.07, 6.45) is 2.63. The van der Waals surface area contributed by atoms with Gasteiger partial charge in [0.25, 0.3) is 0 Å². The fourth-order valence-corrected chi connectivity index (χ4v) is 6.06. The van der Waals surface area contributed by atoms with Crippen LogP contribution in [0.5, 0.6) is 0 Å². The van der Waals surface area contributed by atoms with Crippen LogP contribution in [0.3, 0.4) is 0 Å². The van der Waals surface area contributed by atoms with Gasteiger partial charge in [0.1, 0.15) is 6.10 Å². The highest BCUT2D eigenvalue weighted by atomic mass is 16.6. The second-order valence-electron chi connectivity index (χ2n) is 7.79. The molecular weight excluding hydrogens is 226 g/mol. The maximum absolute atomic E-state index is 12.3. The third-order valence-corrected chi connectivity index (χ3v) is 6.85. The van der Waals surface area contributed by atoms with Gasteiger partial charge in [-0.15, -0.1) is 0 Å². The van der Waals surface area contributed by atoms with Gasteiger partial charge in [-0.25, -0.2) is 0 Å². The van der Waals surface area contributed by atoms with Crippen molar-refractivity contribution in [2.75, 3.05) is 13.6 Å². The molecule has 4 fully saturated rings. The first-order valence-electron chi connectivity index (χ1n) is 7.29. The highest BCUT2D eigenvalue weighted by Gasteiger charge is 2.73. The Morgan fingerprint density at radius 3 is 2.72 bits per heavy atom. The van der Waals surface area contributed by atoms with Gasteiger partial charge in [-0.3, -0.25) is 9.69 Å². The first-order valence-corrected chi connectivity index (χ1v) is 7.29. The summed E-state index contributed by atoms with van der Waals surface area (Å²) in [5, 5.41) is 0. The Bertz CT molecular complexity index is 432. The molecule has 4 aliphatic rings. The zero-order valence-corrected chi connectivity index (χ0v) is 11.8. The number of ether oxygens (including phenoxy) is 1. The number of hydrogen-bond donors (Lipinski definition) is 0. The van der Waals surface area contributed by atoms with Crippen molar-refractivity contribution in [3.8, 4) is 0 Å². The van der Waals surface area contributed by atoms with E-state index in [1.807, 2.05) is 0 Å². The minimum Gasteiger partial charge on any atom is -0.460 e. The van der Waals surface area contributed by atoms with E-state index in [9.17, 15) is 4.79 Å². The zero-order valence-electron chi connectivity index (χ0n) is 11.8. The van der Waals surface area contributed by atoms with Crippen LogP contribution in [0.25, 0.3) is 0 Å². The van der Waals surface area contributed by atoms with E-state index in [0.29, 0.717) is 17.4 Å². The molecule has 6 atom stereocenters. The molecule has 2 saturated heterocycles. The molecule has 2 heterocycles. The molecule has 3 heteroatoms. The minimum atomic E-state index is 0.0133. The molecule has 100 valence electrons. The van der Waals surface area contributed by atoms with Gasteiger partial charge in [-0.2, -0.15) is 0 Å². The van der Waals surface area contributed by atoms with E-state index in [2.05, 4.69) is 32.7 Å². The minimum absolute atomic E-state index is 0.0133. The lowest BCUT2D eigenvalue weighted by Crippen LogP contribution is -2.59. The number of hydrogen-bond acceptors (Lipinski definition) is 3. The molecule has 4 rings (SSSR count). The van der Waals surface area contributed by atoms with Crippen LogP contribution < -0.4 is 0 Å². The number of likely N-dealkylation sites (N-methyl/N-ethyl adjacent to an activating group) is 1. The Morgan fingerprint density at radius 2 is 2.00 bits per heavy atom. The summed E-state index contributed by atoms with van der Waals surface area (Å²) in [5.74, 6) is 1.53. The smallest absolute Gasteiger partial charge is 0.310 e. The van der Waals surface area contributed by atoms with Crippen molar-refractivity contribution in [3.05, 3.63) is 0 Å². The van der Waals surface area contributed by atoms with Gasteiger partial charge in [0.2, 0.25) is 0 Å². The maximum atomic E-state index is 12.3. The molecule has 0 aromatic rings. The van der Waals surface area contributed by atoms with Gasteiger partial charge < -0.3 is 4.74 Å². The van der Waals surface area contributed by atoms with Crippen molar-refractivity contribution < 1.29 is 9.53 Å². The Balaban J connectivity index is 1.91. The Hall–Kier alpha value is -0.570. The zero-order chi connectivity index (χ0) is 12.9. The van der Waals surface area contributed by atoms with Crippen molar-refractivity contribution in [3.63, 3.8) is 0 Å². The number of carbonyl (C=O) groups is 1. The van der Waals surface area contributed by atoms with Gasteiger partial charge in [-0.1, -0.05) is 20.8 Å². The van der Waals surface area contributed by atoms with Gasteiger partial charge in [0, 0.05) is 12.0 Å². The van der Waals surface area contributed by atoms with Crippen molar-refractivity contribution >= 4 is 5.97 Å². The number of likely N-dealkylation sites (tertiary alicyclic amines) is 1. The molecule has 0 N–H and O–H groups in total. The third-order valence-electron chi connectivity index (χ3n) is 6.85. The highest BCUT2D eigenvalue weighted by Crippen LogP contribution is 2.68. The van der Waals surface area contributed by atoms with Gasteiger partial charge >= 0.3 is 5.97 Å². The first-order chi connectivity index (χ1) is 8.38. The van der Waals surface area contributed by atoms with Crippen LogP contribution in [0.15, 0.2) is 0 Å².